The first-order valence-electron chi connectivity index (χ1n) is 6.65. The molecular weight excluding hydrogens is 212 g/mol. The Balaban J connectivity index is 1.95. The van der Waals surface area contributed by atoms with Gasteiger partial charge in [0.1, 0.15) is 5.76 Å². The molecule has 1 aliphatic heterocycles. The highest BCUT2D eigenvalue weighted by Gasteiger charge is 2.27. The monoisotopic (exact) mass is 236 g/mol. The fourth-order valence-corrected chi connectivity index (χ4v) is 2.81. The van der Waals surface area contributed by atoms with Crippen molar-refractivity contribution in [2.75, 3.05) is 13.6 Å². The van der Waals surface area contributed by atoms with Gasteiger partial charge >= 0.3 is 0 Å². The van der Waals surface area contributed by atoms with E-state index in [1.165, 1.54) is 24.9 Å². The van der Waals surface area contributed by atoms with E-state index < -0.39 is 0 Å². The summed E-state index contributed by atoms with van der Waals surface area (Å²) in [6, 6.07) is 2.90. The Morgan fingerprint density at radius 3 is 3.06 bits per heavy atom. The fourth-order valence-electron chi connectivity index (χ4n) is 2.81. The molecule has 1 fully saturated rings. The van der Waals surface area contributed by atoms with Gasteiger partial charge in [0.25, 0.3) is 0 Å². The smallest absolute Gasteiger partial charge is 0.118 e. The second-order valence-electron chi connectivity index (χ2n) is 5.38. The molecule has 1 aromatic heterocycles. The first kappa shape index (κ1) is 12.7. The van der Waals surface area contributed by atoms with Crippen molar-refractivity contribution in [2.45, 2.75) is 45.8 Å². The Hall–Kier alpha value is -0.800. The van der Waals surface area contributed by atoms with Gasteiger partial charge in [0.15, 0.2) is 0 Å². The molecule has 3 nitrogen and oxygen atoms in total. The van der Waals surface area contributed by atoms with Crippen molar-refractivity contribution in [3.05, 3.63) is 23.7 Å². The van der Waals surface area contributed by atoms with E-state index in [4.69, 9.17) is 4.42 Å². The van der Waals surface area contributed by atoms with Gasteiger partial charge in [-0.2, -0.15) is 0 Å². The highest BCUT2D eigenvalue weighted by atomic mass is 16.3. The molecule has 2 heterocycles. The maximum Gasteiger partial charge on any atom is 0.118 e. The fraction of sp³-hybridized carbons (Fsp3) is 0.714. The van der Waals surface area contributed by atoms with Gasteiger partial charge < -0.3 is 9.73 Å². The molecule has 1 saturated heterocycles. The predicted molar refractivity (Wildman–Crippen MR) is 69.7 cm³/mol. The van der Waals surface area contributed by atoms with E-state index in [0.717, 1.165) is 30.8 Å². The highest BCUT2D eigenvalue weighted by Crippen LogP contribution is 2.25. The van der Waals surface area contributed by atoms with Crippen molar-refractivity contribution < 1.29 is 4.42 Å². The number of hydrogen-bond acceptors (Lipinski definition) is 3. The number of rotatable bonds is 5. The van der Waals surface area contributed by atoms with Crippen LogP contribution < -0.4 is 5.32 Å². The Morgan fingerprint density at radius 2 is 2.35 bits per heavy atom. The molecule has 0 radical (unpaired) electrons. The van der Waals surface area contributed by atoms with Crippen LogP contribution in [-0.2, 0) is 13.1 Å². The maximum absolute atomic E-state index is 5.63. The molecule has 0 aliphatic carbocycles. The van der Waals surface area contributed by atoms with Crippen molar-refractivity contribution in [1.82, 2.24) is 10.2 Å². The first-order valence-corrected chi connectivity index (χ1v) is 6.65. The molecule has 17 heavy (non-hydrogen) atoms. The predicted octanol–water partition coefficient (Wildman–Crippen LogP) is 2.62. The molecule has 1 aromatic rings. The molecule has 1 N–H and O–H groups in total. The lowest BCUT2D eigenvalue weighted by Gasteiger charge is -2.26. The van der Waals surface area contributed by atoms with Crippen LogP contribution in [0.25, 0.3) is 0 Å². The van der Waals surface area contributed by atoms with Gasteiger partial charge in [0.2, 0.25) is 0 Å². The van der Waals surface area contributed by atoms with Crippen molar-refractivity contribution >= 4 is 0 Å². The normalized spacial score (nSPS) is 21.5. The van der Waals surface area contributed by atoms with Gasteiger partial charge in [-0.3, -0.25) is 4.90 Å². The third-order valence-electron chi connectivity index (χ3n) is 3.63. The van der Waals surface area contributed by atoms with E-state index in [1.54, 1.807) is 0 Å². The average molecular weight is 236 g/mol. The number of likely N-dealkylation sites (tertiary alicyclic amines) is 1. The van der Waals surface area contributed by atoms with Gasteiger partial charge in [-0.15, -0.1) is 0 Å². The minimum absolute atomic E-state index is 0.729. The van der Waals surface area contributed by atoms with Crippen LogP contribution in [0.5, 0.6) is 0 Å². The van der Waals surface area contributed by atoms with Gasteiger partial charge in [-0.05, 0) is 38.4 Å². The van der Waals surface area contributed by atoms with E-state index in [1.807, 2.05) is 13.3 Å². The summed E-state index contributed by atoms with van der Waals surface area (Å²) in [7, 11) is 1.96. The van der Waals surface area contributed by atoms with Crippen LogP contribution in [0.4, 0.5) is 0 Å². The van der Waals surface area contributed by atoms with Crippen LogP contribution in [0, 0.1) is 5.92 Å². The molecule has 2 rings (SSSR count). The molecule has 0 aromatic carbocycles. The van der Waals surface area contributed by atoms with Crippen LogP contribution in [0.3, 0.4) is 0 Å². The largest absolute Gasteiger partial charge is 0.468 e. The van der Waals surface area contributed by atoms with E-state index in [2.05, 4.69) is 30.1 Å². The Kier molecular flexibility index (Phi) is 4.24. The van der Waals surface area contributed by atoms with Crippen LogP contribution in [-0.4, -0.2) is 24.5 Å². The van der Waals surface area contributed by atoms with Crippen LogP contribution in [0.2, 0.25) is 0 Å². The molecule has 0 spiro atoms. The summed E-state index contributed by atoms with van der Waals surface area (Å²) in [4.78, 5) is 2.56. The summed E-state index contributed by atoms with van der Waals surface area (Å²) in [5, 5.41) is 3.14. The van der Waals surface area contributed by atoms with Crippen molar-refractivity contribution in [3.63, 3.8) is 0 Å². The van der Waals surface area contributed by atoms with E-state index in [9.17, 15) is 0 Å². The summed E-state index contributed by atoms with van der Waals surface area (Å²) in [5.41, 5.74) is 1.24. The quantitative estimate of drug-likeness (QED) is 0.852. The van der Waals surface area contributed by atoms with Crippen LogP contribution >= 0.6 is 0 Å². The van der Waals surface area contributed by atoms with Crippen molar-refractivity contribution in [2.24, 2.45) is 5.92 Å². The zero-order valence-corrected chi connectivity index (χ0v) is 11.2. The molecule has 0 bridgehead atoms. The molecule has 1 aliphatic rings. The lowest BCUT2D eigenvalue weighted by atomic mass is 10.0. The number of furan rings is 1. The standard InChI is InChI=1S/C14H24N2O/c1-11(2)14-5-4-6-16(14)9-13-7-12(8-15-3)10-17-13/h7,10-11,14-15H,4-6,8-9H2,1-3H3. The molecule has 1 unspecified atom stereocenters. The number of nitrogens with zero attached hydrogens (tertiary/aromatic N) is 1. The van der Waals surface area contributed by atoms with Crippen molar-refractivity contribution in [1.29, 1.82) is 0 Å². The van der Waals surface area contributed by atoms with Crippen LogP contribution in [0.1, 0.15) is 38.0 Å². The Bertz CT molecular complexity index is 346. The zero-order chi connectivity index (χ0) is 12.3. The summed E-state index contributed by atoms with van der Waals surface area (Å²) in [5.74, 6) is 1.84. The second kappa shape index (κ2) is 5.69. The molecular formula is C14H24N2O. The summed E-state index contributed by atoms with van der Waals surface area (Å²) < 4.78 is 5.63. The van der Waals surface area contributed by atoms with Gasteiger partial charge in [-0.1, -0.05) is 13.8 Å². The zero-order valence-electron chi connectivity index (χ0n) is 11.2. The lowest BCUT2D eigenvalue weighted by molar-refractivity contribution is 0.185. The molecule has 0 amide bonds. The Morgan fingerprint density at radius 1 is 1.53 bits per heavy atom. The number of hydrogen-bond donors (Lipinski definition) is 1. The SMILES string of the molecule is CNCc1coc(CN2CCCC2C(C)C)c1. The Labute approximate surface area is 104 Å². The lowest BCUT2D eigenvalue weighted by Crippen LogP contribution is -2.32. The van der Waals surface area contributed by atoms with Gasteiger partial charge in [-0.25, -0.2) is 0 Å². The highest BCUT2D eigenvalue weighted by molar-refractivity contribution is 5.12. The minimum atomic E-state index is 0.729. The van der Waals surface area contributed by atoms with E-state index in [0.29, 0.717) is 0 Å². The molecule has 1 atom stereocenters. The molecule has 3 heteroatoms. The topological polar surface area (TPSA) is 28.4 Å². The van der Waals surface area contributed by atoms with Crippen LogP contribution in [0.15, 0.2) is 16.7 Å². The average Bonchev–Trinajstić information content (AvgIpc) is 2.89. The summed E-state index contributed by atoms with van der Waals surface area (Å²) >= 11 is 0. The third kappa shape index (κ3) is 3.11. The summed E-state index contributed by atoms with van der Waals surface area (Å²) in [6.07, 6.45) is 4.53. The number of nitrogens with one attached hydrogen (secondary N) is 1. The summed E-state index contributed by atoms with van der Waals surface area (Å²) in [6.45, 7) is 7.70. The van der Waals surface area contributed by atoms with Crippen molar-refractivity contribution in [3.8, 4) is 0 Å². The first-order chi connectivity index (χ1) is 8.20. The third-order valence-corrected chi connectivity index (χ3v) is 3.63. The van der Waals surface area contributed by atoms with E-state index in [-0.39, 0.29) is 0 Å². The van der Waals surface area contributed by atoms with Gasteiger partial charge in [0.05, 0.1) is 12.8 Å². The molecule has 96 valence electrons. The van der Waals surface area contributed by atoms with Gasteiger partial charge in [0, 0.05) is 18.2 Å². The minimum Gasteiger partial charge on any atom is -0.468 e. The maximum atomic E-state index is 5.63. The molecule has 0 saturated carbocycles. The van der Waals surface area contributed by atoms with E-state index >= 15 is 0 Å². The second-order valence-corrected chi connectivity index (χ2v) is 5.38.